The molecule has 6 aliphatic rings. The molecule has 8 atom stereocenters. The first-order valence-corrected chi connectivity index (χ1v) is 20.2. The molecule has 278 valence electrons. The van der Waals surface area contributed by atoms with Gasteiger partial charge in [0.1, 0.15) is 5.78 Å². The summed E-state index contributed by atoms with van der Waals surface area (Å²) in [7, 11) is 0. The molecule has 0 aromatic heterocycles. The molecule has 0 radical (unpaired) electrons. The quantitative estimate of drug-likeness (QED) is 0.0757. The van der Waals surface area contributed by atoms with Crippen LogP contribution in [0.2, 0.25) is 0 Å². The van der Waals surface area contributed by atoms with Crippen molar-refractivity contribution in [1.82, 2.24) is 0 Å². The summed E-state index contributed by atoms with van der Waals surface area (Å²) >= 11 is 0. The molecule has 3 heterocycles. The number of fused-ring (bicyclic) bond motifs is 1. The second kappa shape index (κ2) is 18.9. The molecule has 3 saturated heterocycles. The van der Waals surface area contributed by atoms with Crippen molar-refractivity contribution in [3.05, 3.63) is 11.1 Å². The topological polar surface area (TPSA) is 98.8 Å². The Morgan fingerprint density at radius 3 is 2.22 bits per heavy atom. The van der Waals surface area contributed by atoms with E-state index in [9.17, 15) is 9.59 Å². The Labute approximate surface area is 294 Å². The smallest absolute Gasteiger partial charge is 0.312 e. The molecule has 2 saturated carbocycles. The molecule has 5 fully saturated rings. The number of hydrogen-bond acceptors (Lipinski definition) is 9. The van der Waals surface area contributed by atoms with Crippen molar-refractivity contribution in [3.63, 3.8) is 0 Å². The molecular formula is C40H64O9. The first-order valence-electron chi connectivity index (χ1n) is 20.2. The molecule has 3 aliphatic heterocycles. The number of unbranched alkanes of at least 4 members (excludes halogenated alkanes) is 4. The van der Waals surface area contributed by atoms with E-state index in [2.05, 4.69) is 6.92 Å². The van der Waals surface area contributed by atoms with Crippen LogP contribution in [0.15, 0.2) is 11.1 Å². The van der Waals surface area contributed by atoms with Crippen LogP contribution in [0.1, 0.15) is 148 Å². The first kappa shape index (κ1) is 37.4. The zero-order chi connectivity index (χ0) is 33.9. The highest BCUT2D eigenvalue weighted by atomic mass is 16.7. The SMILES string of the molecule is CCCCCC[C@@H](CC1=C([C@H]2C(OC3CCCCO3)C[C@@]3(C(=O)OCCCCOC4CCCCO4)CC(=O)C[C@@H]23)CC1)OC1CCCCO1. The summed E-state index contributed by atoms with van der Waals surface area (Å²) in [6.07, 6.45) is 20.5. The monoisotopic (exact) mass is 688 g/mol. The standard InChI is InChI=1S/C40H64O9/c1-2-3-4-5-14-31(48-36-16-7-10-21-45-36)25-29-18-19-32(29)38-33-26-30(41)27-40(33,28-34(38)49-37-17-8-11-22-46-37)39(42)47-24-13-12-23-44-35-15-6-9-20-43-35/h31,33-38H,2-28H2,1H3/t31-,33-,34?,35?,36?,37?,38+,40-/m0/s1. The number of Topliss-reactive ketones (excluding diaryl/α,β-unsaturated/α-hetero) is 1. The van der Waals surface area contributed by atoms with Gasteiger partial charge in [0, 0.05) is 45.2 Å². The highest BCUT2D eigenvalue weighted by Gasteiger charge is 2.65. The molecule has 0 amide bonds. The molecule has 0 spiro atoms. The van der Waals surface area contributed by atoms with Crippen molar-refractivity contribution in [3.8, 4) is 0 Å². The zero-order valence-electron chi connectivity index (χ0n) is 30.3. The van der Waals surface area contributed by atoms with Crippen molar-refractivity contribution >= 4 is 11.8 Å². The van der Waals surface area contributed by atoms with Crippen LogP contribution in [-0.4, -0.2) is 75.9 Å². The summed E-state index contributed by atoms with van der Waals surface area (Å²) in [6, 6.07) is 0. The van der Waals surface area contributed by atoms with E-state index in [-0.39, 0.29) is 61.1 Å². The van der Waals surface area contributed by atoms with Crippen LogP contribution >= 0.6 is 0 Å². The Kier molecular flexibility index (Phi) is 14.4. The Morgan fingerprint density at radius 1 is 0.837 bits per heavy atom. The number of ketones is 1. The lowest BCUT2D eigenvalue weighted by Gasteiger charge is -2.38. The third-order valence-corrected chi connectivity index (χ3v) is 12.0. The number of rotatable bonds is 19. The predicted molar refractivity (Wildman–Crippen MR) is 185 cm³/mol. The molecule has 0 N–H and O–H groups in total. The maximum absolute atomic E-state index is 14.1. The minimum absolute atomic E-state index is 0.0313. The maximum atomic E-state index is 14.1. The van der Waals surface area contributed by atoms with Crippen molar-refractivity contribution in [2.24, 2.45) is 17.3 Å². The summed E-state index contributed by atoms with van der Waals surface area (Å²) in [5, 5.41) is 0. The summed E-state index contributed by atoms with van der Waals surface area (Å²) in [5.41, 5.74) is 2.03. The number of carbonyl (C=O) groups excluding carboxylic acids is 2. The van der Waals surface area contributed by atoms with Crippen LogP contribution in [0.3, 0.4) is 0 Å². The van der Waals surface area contributed by atoms with E-state index in [1.807, 2.05) is 0 Å². The molecule has 4 unspecified atom stereocenters. The van der Waals surface area contributed by atoms with Gasteiger partial charge in [-0.15, -0.1) is 0 Å². The third-order valence-electron chi connectivity index (χ3n) is 12.0. The zero-order valence-corrected chi connectivity index (χ0v) is 30.3. The number of ether oxygens (including phenoxy) is 7. The van der Waals surface area contributed by atoms with Crippen LogP contribution in [0, 0.1) is 17.3 Å². The van der Waals surface area contributed by atoms with Crippen molar-refractivity contribution in [2.45, 2.75) is 179 Å². The molecule has 0 aromatic rings. The van der Waals surface area contributed by atoms with Crippen molar-refractivity contribution < 1.29 is 42.7 Å². The van der Waals surface area contributed by atoms with Gasteiger partial charge < -0.3 is 33.2 Å². The van der Waals surface area contributed by atoms with E-state index in [1.165, 1.54) is 30.4 Å². The summed E-state index contributed by atoms with van der Waals surface area (Å²) in [5.74, 6) is -0.102. The van der Waals surface area contributed by atoms with Crippen LogP contribution < -0.4 is 0 Å². The number of carbonyl (C=O) groups is 2. The van der Waals surface area contributed by atoms with Gasteiger partial charge in [0.25, 0.3) is 0 Å². The van der Waals surface area contributed by atoms with Gasteiger partial charge in [-0.2, -0.15) is 0 Å². The van der Waals surface area contributed by atoms with E-state index in [0.717, 1.165) is 116 Å². The lowest BCUT2D eigenvalue weighted by molar-refractivity contribution is -0.195. The highest BCUT2D eigenvalue weighted by molar-refractivity contribution is 5.92. The molecule has 3 aliphatic carbocycles. The van der Waals surface area contributed by atoms with Gasteiger partial charge in [-0.1, -0.05) is 43.8 Å². The fourth-order valence-electron chi connectivity index (χ4n) is 9.33. The minimum atomic E-state index is -0.826. The summed E-state index contributed by atoms with van der Waals surface area (Å²) in [6.45, 7) is 5.45. The van der Waals surface area contributed by atoms with E-state index in [1.54, 1.807) is 0 Å². The van der Waals surface area contributed by atoms with Gasteiger partial charge in [-0.05, 0) is 109 Å². The molecule has 6 rings (SSSR count). The van der Waals surface area contributed by atoms with Crippen LogP contribution in [0.5, 0.6) is 0 Å². The fraction of sp³-hybridized carbons (Fsp3) is 0.900. The van der Waals surface area contributed by atoms with E-state index in [0.29, 0.717) is 32.7 Å². The van der Waals surface area contributed by atoms with Gasteiger partial charge in [-0.25, -0.2) is 0 Å². The second-order valence-corrected chi connectivity index (χ2v) is 15.6. The molecule has 0 bridgehead atoms. The lowest BCUT2D eigenvalue weighted by Crippen LogP contribution is -2.36. The van der Waals surface area contributed by atoms with Gasteiger partial charge in [0.2, 0.25) is 0 Å². The average molecular weight is 689 g/mol. The average Bonchev–Trinajstić information content (AvgIpc) is 3.59. The van der Waals surface area contributed by atoms with Crippen LogP contribution in [0.4, 0.5) is 0 Å². The largest absolute Gasteiger partial charge is 0.465 e. The van der Waals surface area contributed by atoms with Gasteiger partial charge in [0.15, 0.2) is 18.9 Å². The Bertz CT molecular complexity index is 1070. The Morgan fingerprint density at radius 2 is 1.55 bits per heavy atom. The fourth-order valence-corrected chi connectivity index (χ4v) is 9.33. The molecular weight excluding hydrogens is 624 g/mol. The van der Waals surface area contributed by atoms with Gasteiger partial charge in [-0.3, -0.25) is 9.59 Å². The van der Waals surface area contributed by atoms with E-state index < -0.39 is 5.41 Å². The predicted octanol–water partition coefficient (Wildman–Crippen LogP) is 8.11. The third kappa shape index (κ3) is 9.95. The molecule has 9 nitrogen and oxygen atoms in total. The Balaban J connectivity index is 1.13. The lowest BCUT2D eigenvalue weighted by atomic mass is 9.70. The summed E-state index contributed by atoms with van der Waals surface area (Å²) < 4.78 is 43.1. The number of hydrogen-bond donors (Lipinski definition) is 0. The maximum Gasteiger partial charge on any atom is 0.312 e. The number of esters is 1. The normalized spacial score (nSPS) is 34.1. The van der Waals surface area contributed by atoms with E-state index in [4.69, 9.17) is 33.2 Å². The van der Waals surface area contributed by atoms with Crippen LogP contribution in [-0.2, 0) is 42.7 Å². The molecule has 49 heavy (non-hydrogen) atoms. The second-order valence-electron chi connectivity index (χ2n) is 15.6. The molecule has 0 aromatic carbocycles. The van der Waals surface area contributed by atoms with Gasteiger partial charge in [0.05, 0.1) is 24.2 Å². The minimum Gasteiger partial charge on any atom is -0.465 e. The van der Waals surface area contributed by atoms with Gasteiger partial charge >= 0.3 is 5.97 Å². The first-order chi connectivity index (χ1) is 24.1. The van der Waals surface area contributed by atoms with Crippen molar-refractivity contribution in [1.29, 1.82) is 0 Å². The Hall–Kier alpha value is -1.36. The van der Waals surface area contributed by atoms with Crippen LogP contribution in [0.25, 0.3) is 0 Å². The van der Waals surface area contributed by atoms with Crippen molar-refractivity contribution in [2.75, 3.05) is 33.0 Å². The highest BCUT2D eigenvalue weighted by Crippen LogP contribution is 2.61. The summed E-state index contributed by atoms with van der Waals surface area (Å²) in [4.78, 5) is 27.3. The van der Waals surface area contributed by atoms with E-state index >= 15 is 0 Å². The molecule has 9 heteroatoms.